The van der Waals surface area contributed by atoms with Crippen LogP contribution in [0.25, 0.3) is 0 Å². The summed E-state index contributed by atoms with van der Waals surface area (Å²) in [6.45, 7) is 4.85. The minimum absolute atomic E-state index is 0.589. The van der Waals surface area contributed by atoms with Gasteiger partial charge in [0.1, 0.15) is 0 Å². The number of nitrogens with zero attached hydrogens (tertiary/aromatic N) is 3. The Kier molecular flexibility index (Phi) is 3.30. The lowest BCUT2D eigenvalue weighted by atomic mass is 10.2. The van der Waals surface area contributed by atoms with E-state index in [0.717, 1.165) is 29.4 Å². The second-order valence-electron chi connectivity index (χ2n) is 5.52. The summed E-state index contributed by atoms with van der Waals surface area (Å²) in [5.74, 6) is 1.01. The summed E-state index contributed by atoms with van der Waals surface area (Å²) >= 11 is 0. The summed E-state index contributed by atoms with van der Waals surface area (Å²) in [7, 11) is 0. The predicted molar refractivity (Wildman–Crippen MR) is 81.6 cm³/mol. The van der Waals surface area contributed by atoms with Crippen molar-refractivity contribution in [2.45, 2.75) is 39.3 Å². The van der Waals surface area contributed by atoms with E-state index >= 15 is 0 Å². The quantitative estimate of drug-likeness (QED) is 0.866. The van der Waals surface area contributed by atoms with E-state index in [-0.39, 0.29) is 0 Å². The van der Waals surface area contributed by atoms with Crippen LogP contribution in [0.4, 0.5) is 11.5 Å². The van der Waals surface area contributed by atoms with Gasteiger partial charge in [-0.25, -0.2) is 4.98 Å². The van der Waals surface area contributed by atoms with Crippen molar-refractivity contribution in [3.63, 3.8) is 0 Å². The maximum atomic E-state index is 5.87. The van der Waals surface area contributed by atoms with Gasteiger partial charge in [-0.3, -0.25) is 4.98 Å². The van der Waals surface area contributed by atoms with Crippen molar-refractivity contribution in [2.24, 2.45) is 0 Å². The first-order valence-electron chi connectivity index (χ1n) is 7.05. The number of hydrogen-bond acceptors (Lipinski definition) is 4. The molecule has 1 fully saturated rings. The fourth-order valence-corrected chi connectivity index (χ4v) is 2.45. The molecule has 0 atom stereocenters. The highest BCUT2D eigenvalue weighted by atomic mass is 15.2. The molecule has 0 radical (unpaired) electrons. The number of nitrogens with two attached hydrogens (primary N) is 1. The molecule has 2 aromatic rings. The van der Waals surface area contributed by atoms with Crippen LogP contribution in [0.3, 0.4) is 0 Å². The first-order valence-corrected chi connectivity index (χ1v) is 7.05. The lowest BCUT2D eigenvalue weighted by Crippen LogP contribution is -2.27. The van der Waals surface area contributed by atoms with Gasteiger partial charge in [0.2, 0.25) is 0 Å². The summed E-state index contributed by atoms with van der Waals surface area (Å²) in [4.78, 5) is 11.5. The van der Waals surface area contributed by atoms with E-state index in [2.05, 4.69) is 20.9 Å². The lowest BCUT2D eigenvalue weighted by Gasteiger charge is -2.25. The predicted octanol–water partition coefficient (Wildman–Crippen LogP) is 2.84. The van der Waals surface area contributed by atoms with E-state index in [4.69, 9.17) is 5.73 Å². The number of hydrogen-bond donors (Lipinski definition) is 1. The average Bonchev–Trinajstić information content (AvgIpc) is 3.24. The maximum Gasteiger partial charge on any atom is 0.150 e. The van der Waals surface area contributed by atoms with E-state index in [1.807, 2.05) is 38.2 Å². The van der Waals surface area contributed by atoms with Gasteiger partial charge in [0.25, 0.3) is 0 Å². The maximum absolute atomic E-state index is 5.87. The smallest absolute Gasteiger partial charge is 0.150 e. The second kappa shape index (κ2) is 5.12. The van der Waals surface area contributed by atoms with Gasteiger partial charge in [-0.2, -0.15) is 0 Å². The zero-order valence-corrected chi connectivity index (χ0v) is 12.0. The van der Waals surface area contributed by atoms with E-state index < -0.39 is 0 Å². The number of nitrogen functional groups attached to an aromatic ring is 1. The van der Waals surface area contributed by atoms with Crippen molar-refractivity contribution in [3.05, 3.63) is 47.4 Å². The topological polar surface area (TPSA) is 55.0 Å². The Hall–Kier alpha value is -2.10. The van der Waals surface area contributed by atoms with Crippen LogP contribution in [0.5, 0.6) is 0 Å². The molecule has 0 bridgehead atoms. The van der Waals surface area contributed by atoms with Crippen LogP contribution in [0.2, 0.25) is 0 Å². The molecule has 104 valence electrons. The molecular weight excluding hydrogens is 248 g/mol. The van der Waals surface area contributed by atoms with Crippen molar-refractivity contribution < 1.29 is 0 Å². The molecule has 3 rings (SSSR count). The molecule has 1 aliphatic carbocycles. The summed E-state index contributed by atoms with van der Waals surface area (Å²) in [6.07, 6.45) is 4.29. The Labute approximate surface area is 119 Å². The molecule has 0 saturated heterocycles. The van der Waals surface area contributed by atoms with E-state index in [1.54, 1.807) is 0 Å². The Balaban J connectivity index is 1.91. The van der Waals surface area contributed by atoms with Crippen molar-refractivity contribution in [1.82, 2.24) is 9.97 Å². The number of benzene rings is 1. The van der Waals surface area contributed by atoms with Gasteiger partial charge in [0.05, 0.1) is 11.4 Å². The summed E-state index contributed by atoms with van der Waals surface area (Å²) < 4.78 is 0. The number of anilines is 2. The van der Waals surface area contributed by atoms with Gasteiger partial charge in [0.15, 0.2) is 5.82 Å². The first kappa shape index (κ1) is 12.9. The van der Waals surface area contributed by atoms with Crippen molar-refractivity contribution in [3.8, 4) is 0 Å². The average molecular weight is 268 g/mol. The van der Waals surface area contributed by atoms with Crippen LogP contribution in [-0.2, 0) is 6.54 Å². The standard InChI is InChI=1S/C16H20N4/c1-11-9-18-12(2)16(19-11)20(15-6-7-15)10-13-4-3-5-14(17)8-13/h3-5,8-9,15H,6-7,10,17H2,1-2H3. The number of aryl methyl sites for hydroxylation is 2. The van der Waals surface area contributed by atoms with E-state index in [1.165, 1.54) is 18.4 Å². The zero-order valence-electron chi connectivity index (χ0n) is 12.0. The Morgan fingerprint density at radius 1 is 1.30 bits per heavy atom. The van der Waals surface area contributed by atoms with Crippen LogP contribution in [0, 0.1) is 13.8 Å². The van der Waals surface area contributed by atoms with Gasteiger partial charge in [0, 0.05) is 24.5 Å². The molecule has 2 N–H and O–H groups in total. The van der Waals surface area contributed by atoms with Crippen LogP contribution in [0.1, 0.15) is 29.8 Å². The highest BCUT2D eigenvalue weighted by molar-refractivity contribution is 5.48. The minimum atomic E-state index is 0.589. The molecule has 1 aliphatic rings. The molecule has 0 spiro atoms. The van der Waals surface area contributed by atoms with Crippen LogP contribution in [0.15, 0.2) is 30.5 Å². The highest BCUT2D eigenvalue weighted by Gasteiger charge is 2.31. The Morgan fingerprint density at radius 3 is 2.80 bits per heavy atom. The molecule has 20 heavy (non-hydrogen) atoms. The van der Waals surface area contributed by atoms with Gasteiger partial charge < -0.3 is 10.6 Å². The third-order valence-electron chi connectivity index (χ3n) is 3.61. The summed E-state index contributed by atoms with van der Waals surface area (Å²) in [5.41, 5.74) is 9.86. The molecule has 4 heteroatoms. The molecule has 1 aromatic carbocycles. The third kappa shape index (κ3) is 2.74. The molecule has 0 aliphatic heterocycles. The van der Waals surface area contributed by atoms with Crippen LogP contribution < -0.4 is 10.6 Å². The fourth-order valence-electron chi connectivity index (χ4n) is 2.45. The Bertz CT molecular complexity index is 620. The van der Waals surface area contributed by atoms with Crippen molar-refractivity contribution >= 4 is 11.5 Å². The van der Waals surface area contributed by atoms with Crippen molar-refractivity contribution in [2.75, 3.05) is 10.6 Å². The molecular formula is C16H20N4. The van der Waals surface area contributed by atoms with Crippen LogP contribution in [-0.4, -0.2) is 16.0 Å². The molecule has 1 saturated carbocycles. The Morgan fingerprint density at radius 2 is 2.10 bits per heavy atom. The van der Waals surface area contributed by atoms with Gasteiger partial charge in [-0.1, -0.05) is 12.1 Å². The van der Waals surface area contributed by atoms with Crippen molar-refractivity contribution in [1.29, 1.82) is 0 Å². The minimum Gasteiger partial charge on any atom is -0.399 e. The lowest BCUT2D eigenvalue weighted by molar-refractivity contribution is 0.764. The molecule has 0 unspecified atom stereocenters. The summed E-state index contributed by atoms with van der Waals surface area (Å²) in [6, 6.07) is 8.66. The van der Waals surface area contributed by atoms with Crippen LogP contribution >= 0.6 is 0 Å². The third-order valence-corrected chi connectivity index (χ3v) is 3.61. The fraction of sp³-hybridized carbons (Fsp3) is 0.375. The van der Waals surface area contributed by atoms with E-state index in [0.29, 0.717) is 6.04 Å². The van der Waals surface area contributed by atoms with E-state index in [9.17, 15) is 0 Å². The number of aromatic nitrogens is 2. The zero-order chi connectivity index (χ0) is 14.1. The van der Waals surface area contributed by atoms with Gasteiger partial charge in [-0.05, 0) is 44.4 Å². The molecule has 4 nitrogen and oxygen atoms in total. The van der Waals surface area contributed by atoms with Gasteiger partial charge in [-0.15, -0.1) is 0 Å². The summed E-state index contributed by atoms with van der Waals surface area (Å²) in [5, 5.41) is 0. The highest BCUT2D eigenvalue weighted by Crippen LogP contribution is 2.33. The normalized spacial score (nSPS) is 14.3. The van der Waals surface area contributed by atoms with Gasteiger partial charge >= 0.3 is 0 Å². The second-order valence-corrected chi connectivity index (χ2v) is 5.52. The number of rotatable bonds is 4. The molecule has 0 amide bonds. The monoisotopic (exact) mass is 268 g/mol. The largest absolute Gasteiger partial charge is 0.399 e. The molecule has 1 heterocycles. The SMILES string of the molecule is Cc1cnc(C)c(N(Cc2cccc(N)c2)C2CC2)n1. The molecule has 1 aromatic heterocycles. The first-order chi connectivity index (χ1) is 9.63.